The monoisotopic (exact) mass is 222 g/mol. The predicted molar refractivity (Wildman–Crippen MR) is 65.5 cm³/mol. The number of nitrogens with zero attached hydrogens (tertiary/aromatic N) is 3. The zero-order chi connectivity index (χ0) is 11.4. The Kier molecular flexibility index (Phi) is 3.96. The summed E-state index contributed by atoms with van der Waals surface area (Å²) in [5.74, 6) is 1.11. The number of nitrogens with one attached hydrogen (secondary N) is 1. The molecule has 1 aromatic heterocycles. The molecule has 0 aromatic carbocycles. The molecule has 0 amide bonds. The molecule has 0 atom stereocenters. The molecule has 0 aliphatic carbocycles. The van der Waals surface area contributed by atoms with E-state index in [1.165, 1.54) is 25.9 Å². The minimum absolute atomic E-state index is 0.755. The smallest absolute Gasteiger partial charge is 0.105 e. The summed E-state index contributed by atoms with van der Waals surface area (Å²) in [6.07, 6.45) is 6.49. The number of likely N-dealkylation sites (N-methyl/N-ethyl adjacent to an activating group) is 1. The summed E-state index contributed by atoms with van der Waals surface area (Å²) in [5, 5.41) is 3.41. The van der Waals surface area contributed by atoms with Gasteiger partial charge in [0.25, 0.3) is 0 Å². The van der Waals surface area contributed by atoms with E-state index in [1.807, 2.05) is 6.20 Å². The first kappa shape index (κ1) is 11.6. The van der Waals surface area contributed by atoms with Crippen LogP contribution < -0.4 is 5.32 Å². The van der Waals surface area contributed by atoms with Crippen molar-refractivity contribution in [1.82, 2.24) is 19.8 Å². The van der Waals surface area contributed by atoms with Crippen LogP contribution in [0.25, 0.3) is 0 Å². The molecular formula is C12H22N4. The molecule has 2 heterocycles. The first-order chi connectivity index (χ1) is 7.77. The molecule has 90 valence electrons. The van der Waals surface area contributed by atoms with Gasteiger partial charge in [0.05, 0.1) is 0 Å². The van der Waals surface area contributed by atoms with E-state index in [-0.39, 0.29) is 0 Å². The highest BCUT2D eigenvalue weighted by atomic mass is 15.2. The second-order valence-corrected chi connectivity index (χ2v) is 4.63. The van der Waals surface area contributed by atoms with Crippen LogP contribution in [0.4, 0.5) is 0 Å². The van der Waals surface area contributed by atoms with Crippen LogP contribution in [-0.4, -0.2) is 47.2 Å². The molecule has 1 aliphatic rings. The first-order valence-corrected chi connectivity index (χ1v) is 6.16. The Labute approximate surface area is 97.7 Å². The zero-order valence-electron chi connectivity index (χ0n) is 10.3. The maximum atomic E-state index is 4.24. The largest absolute Gasteiger partial charge is 0.334 e. The van der Waals surface area contributed by atoms with E-state index < -0.39 is 0 Å². The van der Waals surface area contributed by atoms with Crippen LogP contribution in [0.15, 0.2) is 12.4 Å². The van der Waals surface area contributed by atoms with Crippen LogP contribution in [0.3, 0.4) is 0 Å². The van der Waals surface area contributed by atoms with Gasteiger partial charge in [0.1, 0.15) is 5.82 Å². The summed E-state index contributed by atoms with van der Waals surface area (Å²) in [7, 11) is 2.24. The number of aryl methyl sites for hydroxylation is 1. The summed E-state index contributed by atoms with van der Waals surface area (Å²) in [5.41, 5.74) is 0. The molecule has 16 heavy (non-hydrogen) atoms. The maximum absolute atomic E-state index is 4.24. The zero-order valence-corrected chi connectivity index (χ0v) is 10.3. The molecule has 1 saturated heterocycles. The third-order valence-corrected chi connectivity index (χ3v) is 3.55. The fraction of sp³-hybridized carbons (Fsp3) is 0.750. The van der Waals surface area contributed by atoms with Crippen LogP contribution in [0.2, 0.25) is 0 Å². The summed E-state index contributed by atoms with van der Waals surface area (Å²) in [6.45, 7) is 6.55. The number of hydrogen-bond acceptors (Lipinski definition) is 3. The Balaban J connectivity index is 1.78. The van der Waals surface area contributed by atoms with Crippen LogP contribution in [0, 0.1) is 6.92 Å². The molecule has 0 bridgehead atoms. The van der Waals surface area contributed by atoms with Crippen LogP contribution in [0.1, 0.15) is 18.7 Å². The maximum Gasteiger partial charge on any atom is 0.105 e. The van der Waals surface area contributed by atoms with E-state index in [1.54, 1.807) is 0 Å². The third-order valence-electron chi connectivity index (χ3n) is 3.55. The molecule has 4 nitrogen and oxygen atoms in total. The topological polar surface area (TPSA) is 33.1 Å². The van der Waals surface area contributed by atoms with Gasteiger partial charge in [-0.05, 0) is 39.9 Å². The Morgan fingerprint density at radius 1 is 1.50 bits per heavy atom. The van der Waals surface area contributed by atoms with Crippen molar-refractivity contribution in [2.45, 2.75) is 32.4 Å². The SMILES string of the molecule is Cc1nccn1CCN(C)C1CCNCC1. The number of rotatable bonds is 4. The quantitative estimate of drug-likeness (QED) is 0.821. The Hall–Kier alpha value is -0.870. The van der Waals surface area contributed by atoms with Crippen molar-refractivity contribution in [3.63, 3.8) is 0 Å². The lowest BCUT2D eigenvalue weighted by molar-refractivity contribution is 0.192. The van der Waals surface area contributed by atoms with E-state index in [2.05, 4.69) is 39.9 Å². The molecule has 1 aromatic rings. The lowest BCUT2D eigenvalue weighted by Gasteiger charge is -2.31. The number of hydrogen-bond donors (Lipinski definition) is 1. The highest BCUT2D eigenvalue weighted by Crippen LogP contribution is 2.09. The molecule has 1 fully saturated rings. The minimum atomic E-state index is 0.755. The molecule has 1 aliphatic heterocycles. The predicted octanol–water partition coefficient (Wildman–Crippen LogP) is 0.875. The highest BCUT2D eigenvalue weighted by Gasteiger charge is 2.17. The van der Waals surface area contributed by atoms with Crippen LogP contribution in [-0.2, 0) is 6.54 Å². The Bertz CT molecular complexity index is 315. The summed E-state index contributed by atoms with van der Waals surface area (Å²) < 4.78 is 2.22. The molecule has 0 radical (unpaired) electrons. The molecule has 0 unspecified atom stereocenters. The molecule has 4 heteroatoms. The standard InChI is InChI=1S/C12H22N4/c1-11-14-7-8-16(11)10-9-15(2)12-3-5-13-6-4-12/h7-8,12-13H,3-6,9-10H2,1-2H3. The highest BCUT2D eigenvalue weighted by molar-refractivity contribution is 4.88. The summed E-state index contributed by atoms with van der Waals surface area (Å²) >= 11 is 0. The molecule has 1 N–H and O–H groups in total. The van der Waals surface area contributed by atoms with Crippen molar-refractivity contribution in [2.75, 3.05) is 26.7 Å². The number of piperidine rings is 1. The molecule has 0 spiro atoms. The van der Waals surface area contributed by atoms with Gasteiger partial charge in [0.15, 0.2) is 0 Å². The molecular weight excluding hydrogens is 200 g/mol. The third kappa shape index (κ3) is 2.83. The minimum Gasteiger partial charge on any atom is -0.334 e. The fourth-order valence-corrected chi connectivity index (χ4v) is 2.34. The average molecular weight is 222 g/mol. The lowest BCUT2D eigenvalue weighted by Crippen LogP contribution is -2.42. The Morgan fingerprint density at radius 3 is 2.88 bits per heavy atom. The number of imidazole rings is 1. The number of aromatic nitrogens is 2. The second-order valence-electron chi connectivity index (χ2n) is 4.63. The van der Waals surface area contributed by atoms with Crippen molar-refractivity contribution >= 4 is 0 Å². The summed E-state index contributed by atoms with van der Waals surface area (Å²) in [4.78, 5) is 6.73. The average Bonchev–Trinajstić information content (AvgIpc) is 2.73. The van der Waals surface area contributed by atoms with Gasteiger partial charge < -0.3 is 14.8 Å². The van der Waals surface area contributed by atoms with Gasteiger partial charge in [0.2, 0.25) is 0 Å². The van der Waals surface area contributed by atoms with Gasteiger partial charge >= 0.3 is 0 Å². The van der Waals surface area contributed by atoms with E-state index in [0.717, 1.165) is 25.0 Å². The van der Waals surface area contributed by atoms with Gasteiger partial charge in [-0.25, -0.2) is 4.98 Å². The van der Waals surface area contributed by atoms with Gasteiger partial charge in [-0.1, -0.05) is 0 Å². The van der Waals surface area contributed by atoms with Gasteiger partial charge in [0, 0.05) is 31.5 Å². The van der Waals surface area contributed by atoms with Gasteiger partial charge in [-0.2, -0.15) is 0 Å². The van der Waals surface area contributed by atoms with Crippen molar-refractivity contribution in [2.24, 2.45) is 0 Å². The fourth-order valence-electron chi connectivity index (χ4n) is 2.34. The first-order valence-electron chi connectivity index (χ1n) is 6.16. The van der Waals surface area contributed by atoms with Crippen molar-refractivity contribution in [3.8, 4) is 0 Å². The van der Waals surface area contributed by atoms with E-state index in [9.17, 15) is 0 Å². The van der Waals surface area contributed by atoms with E-state index in [0.29, 0.717) is 0 Å². The van der Waals surface area contributed by atoms with Gasteiger partial charge in [-0.15, -0.1) is 0 Å². The second kappa shape index (κ2) is 5.46. The van der Waals surface area contributed by atoms with Crippen LogP contribution in [0.5, 0.6) is 0 Å². The van der Waals surface area contributed by atoms with Gasteiger partial charge in [-0.3, -0.25) is 0 Å². The van der Waals surface area contributed by atoms with Crippen molar-refractivity contribution in [1.29, 1.82) is 0 Å². The summed E-state index contributed by atoms with van der Waals surface area (Å²) in [6, 6.07) is 0.755. The Morgan fingerprint density at radius 2 is 2.25 bits per heavy atom. The van der Waals surface area contributed by atoms with E-state index in [4.69, 9.17) is 0 Å². The molecule has 2 rings (SSSR count). The van der Waals surface area contributed by atoms with Crippen molar-refractivity contribution < 1.29 is 0 Å². The molecule has 0 saturated carbocycles. The normalized spacial score (nSPS) is 18.2. The van der Waals surface area contributed by atoms with Crippen LogP contribution >= 0.6 is 0 Å². The van der Waals surface area contributed by atoms with E-state index >= 15 is 0 Å². The van der Waals surface area contributed by atoms with Crippen molar-refractivity contribution in [3.05, 3.63) is 18.2 Å². The lowest BCUT2D eigenvalue weighted by atomic mass is 10.1.